The maximum Gasteiger partial charge on any atom is 0.257 e. The molecule has 4 bridgehead atoms. The van der Waals surface area contributed by atoms with Gasteiger partial charge in [0.1, 0.15) is 0 Å². The molecule has 2 atom stereocenters. The number of amides is 1. The molecular formula is C24H29N3O2. The first-order chi connectivity index (χ1) is 14.0. The molecule has 4 saturated carbocycles. The van der Waals surface area contributed by atoms with E-state index in [4.69, 9.17) is 0 Å². The summed E-state index contributed by atoms with van der Waals surface area (Å²) in [6, 6.07) is 8.61. The molecule has 5 aliphatic rings. The normalized spacial score (nSPS) is 35.7. The Labute approximate surface area is 171 Å². The van der Waals surface area contributed by atoms with Gasteiger partial charge in [0.25, 0.3) is 5.91 Å². The van der Waals surface area contributed by atoms with Gasteiger partial charge in [0.05, 0.1) is 28.7 Å². The molecule has 1 aromatic heterocycles. The quantitative estimate of drug-likeness (QED) is 0.852. The van der Waals surface area contributed by atoms with Crippen LogP contribution in [-0.2, 0) is 6.42 Å². The van der Waals surface area contributed by atoms with Gasteiger partial charge in [0.2, 0.25) is 0 Å². The fraction of sp³-hybridized carbons (Fsp3) is 0.583. The smallest absolute Gasteiger partial charge is 0.257 e. The predicted octanol–water partition coefficient (Wildman–Crippen LogP) is 3.51. The van der Waals surface area contributed by atoms with Crippen LogP contribution in [0.3, 0.4) is 0 Å². The SMILES string of the molecule is Cc1cccc(-n2ncc3c2CCCN(C2C4CC5CC2CC(O)(C5)C4)C3=O)c1. The number of hydrogen-bond donors (Lipinski definition) is 1. The molecule has 0 spiro atoms. The van der Waals surface area contributed by atoms with Gasteiger partial charge in [0, 0.05) is 12.6 Å². The van der Waals surface area contributed by atoms with Crippen molar-refractivity contribution in [1.82, 2.24) is 14.7 Å². The van der Waals surface area contributed by atoms with Crippen LogP contribution in [0.2, 0.25) is 0 Å². The maximum absolute atomic E-state index is 13.7. The van der Waals surface area contributed by atoms with Crippen LogP contribution >= 0.6 is 0 Å². The van der Waals surface area contributed by atoms with E-state index in [1.807, 2.05) is 10.7 Å². The molecule has 0 saturated heterocycles. The second kappa shape index (κ2) is 6.18. The van der Waals surface area contributed by atoms with Crippen LogP contribution in [0.25, 0.3) is 5.69 Å². The van der Waals surface area contributed by atoms with E-state index in [-0.39, 0.29) is 5.91 Å². The third-order valence-corrected chi connectivity index (χ3v) is 7.97. The van der Waals surface area contributed by atoms with Crippen molar-refractivity contribution in [2.75, 3.05) is 6.54 Å². The lowest BCUT2D eigenvalue weighted by atomic mass is 9.52. The van der Waals surface area contributed by atoms with Gasteiger partial charge >= 0.3 is 0 Å². The Morgan fingerprint density at radius 3 is 2.69 bits per heavy atom. The molecular weight excluding hydrogens is 362 g/mol. The number of rotatable bonds is 2. The first-order valence-corrected chi connectivity index (χ1v) is 11.2. The van der Waals surface area contributed by atoms with Gasteiger partial charge in [-0.15, -0.1) is 0 Å². The monoisotopic (exact) mass is 391 g/mol. The summed E-state index contributed by atoms with van der Waals surface area (Å²) >= 11 is 0. The van der Waals surface area contributed by atoms with Crippen molar-refractivity contribution in [2.24, 2.45) is 17.8 Å². The highest BCUT2D eigenvalue weighted by atomic mass is 16.3. The van der Waals surface area contributed by atoms with Gasteiger partial charge in [-0.25, -0.2) is 4.68 Å². The van der Waals surface area contributed by atoms with E-state index in [0.29, 0.717) is 23.8 Å². The molecule has 1 amide bonds. The summed E-state index contributed by atoms with van der Waals surface area (Å²) in [7, 11) is 0. The lowest BCUT2D eigenvalue weighted by Gasteiger charge is -2.60. The number of benzene rings is 1. The van der Waals surface area contributed by atoms with Gasteiger partial charge in [-0.1, -0.05) is 12.1 Å². The van der Waals surface area contributed by atoms with E-state index in [1.165, 1.54) is 18.4 Å². The van der Waals surface area contributed by atoms with Crippen LogP contribution in [0.5, 0.6) is 0 Å². The molecule has 1 aromatic carbocycles. The third kappa shape index (κ3) is 2.70. The van der Waals surface area contributed by atoms with Crippen molar-refractivity contribution in [3.05, 3.63) is 47.3 Å². The van der Waals surface area contributed by atoms with Crippen molar-refractivity contribution >= 4 is 5.91 Å². The van der Waals surface area contributed by atoms with Crippen molar-refractivity contribution in [3.8, 4) is 5.69 Å². The topological polar surface area (TPSA) is 58.4 Å². The molecule has 2 aromatic rings. The van der Waals surface area contributed by atoms with Crippen molar-refractivity contribution in [3.63, 3.8) is 0 Å². The number of aromatic nitrogens is 2. The van der Waals surface area contributed by atoms with Crippen LogP contribution in [0, 0.1) is 24.7 Å². The minimum Gasteiger partial charge on any atom is -0.390 e. The molecule has 152 valence electrons. The van der Waals surface area contributed by atoms with Crippen LogP contribution in [0.4, 0.5) is 0 Å². The first kappa shape index (κ1) is 17.7. The Morgan fingerprint density at radius 1 is 1.17 bits per heavy atom. The molecule has 1 N–H and O–H groups in total. The number of carbonyl (C=O) groups is 1. The fourth-order valence-corrected chi connectivity index (χ4v) is 7.20. The molecule has 4 aliphatic carbocycles. The highest BCUT2D eigenvalue weighted by Crippen LogP contribution is 2.57. The molecule has 4 fully saturated rings. The molecule has 7 rings (SSSR count). The van der Waals surface area contributed by atoms with Gasteiger partial charge in [-0.05, 0) is 87.3 Å². The zero-order valence-corrected chi connectivity index (χ0v) is 17.1. The summed E-state index contributed by atoms with van der Waals surface area (Å²) in [5, 5.41) is 15.5. The lowest BCUT2D eigenvalue weighted by Crippen LogP contribution is -2.62. The number of carbonyl (C=O) groups excluding carboxylic acids is 1. The van der Waals surface area contributed by atoms with Crippen molar-refractivity contribution in [2.45, 2.75) is 63.5 Å². The summed E-state index contributed by atoms with van der Waals surface area (Å²) in [6.45, 7) is 2.90. The minimum atomic E-state index is -0.455. The van der Waals surface area contributed by atoms with E-state index in [0.717, 1.165) is 55.6 Å². The molecule has 5 nitrogen and oxygen atoms in total. The summed E-state index contributed by atoms with van der Waals surface area (Å²) < 4.78 is 1.96. The van der Waals surface area contributed by atoms with Gasteiger partial charge in [0.15, 0.2) is 0 Å². The summed E-state index contributed by atoms with van der Waals surface area (Å²) in [5.74, 6) is 1.74. The summed E-state index contributed by atoms with van der Waals surface area (Å²) in [6.07, 6.45) is 8.73. The molecule has 1 aliphatic heterocycles. The van der Waals surface area contributed by atoms with E-state index in [1.54, 1.807) is 6.20 Å². The number of aliphatic hydroxyl groups is 1. The standard InChI is InChI=1S/C24H29N3O2/c1-15-4-2-5-19(8-15)27-21-6-3-7-26(23(28)20(21)14-25-27)22-17-9-16-10-18(22)13-24(29,11-16)12-17/h2,4-5,8,14,16-18,22,29H,3,6-7,9-13H2,1H3. The van der Waals surface area contributed by atoms with Crippen LogP contribution in [0.15, 0.2) is 30.5 Å². The van der Waals surface area contributed by atoms with E-state index in [9.17, 15) is 9.90 Å². The average molecular weight is 392 g/mol. The zero-order chi connectivity index (χ0) is 19.8. The van der Waals surface area contributed by atoms with Gasteiger partial charge < -0.3 is 10.0 Å². The van der Waals surface area contributed by atoms with Gasteiger partial charge in [-0.3, -0.25) is 4.79 Å². The predicted molar refractivity (Wildman–Crippen MR) is 110 cm³/mol. The highest BCUT2D eigenvalue weighted by Gasteiger charge is 2.56. The van der Waals surface area contributed by atoms with E-state index < -0.39 is 5.60 Å². The Morgan fingerprint density at radius 2 is 1.97 bits per heavy atom. The third-order valence-electron chi connectivity index (χ3n) is 7.97. The summed E-state index contributed by atoms with van der Waals surface area (Å²) in [4.78, 5) is 15.8. The Bertz CT molecular complexity index is 964. The van der Waals surface area contributed by atoms with E-state index in [2.05, 4.69) is 35.1 Å². The number of aryl methyl sites for hydroxylation is 1. The Kier molecular flexibility index (Phi) is 3.77. The first-order valence-electron chi connectivity index (χ1n) is 11.2. The summed E-state index contributed by atoms with van der Waals surface area (Å²) in [5.41, 5.74) is 3.59. The number of nitrogens with zero attached hydrogens (tertiary/aromatic N) is 3. The average Bonchev–Trinajstić information content (AvgIpc) is 3.01. The molecule has 29 heavy (non-hydrogen) atoms. The maximum atomic E-state index is 13.7. The number of hydrogen-bond acceptors (Lipinski definition) is 3. The Balaban J connectivity index is 1.34. The Hall–Kier alpha value is -2.14. The van der Waals surface area contributed by atoms with Crippen molar-refractivity contribution < 1.29 is 9.90 Å². The molecule has 2 heterocycles. The molecule has 2 unspecified atom stereocenters. The van der Waals surface area contributed by atoms with Crippen molar-refractivity contribution in [1.29, 1.82) is 0 Å². The molecule has 5 heteroatoms. The van der Waals surface area contributed by atoms with Crippen LogP contribution < -0.4 is 0 Å². The van der Waals surface area contributed by atoms with E-state index >= 15 is 0 Å². The zero-order valence-electron chi connectivity index (χ0n) is 17.1. The van der Waals surface area contributed by atoms with Crippen LogP contribution in [0.1, 0.15) is 60.1 Å². The lowest BCUT2D eigenvalue weighted by molar-refractivity contribution is -0.154. The number of fused-ring (bicyclic) bond motifs is 1. The highest BCUT2D eigenvalue weighted by molar-refractivity contribution is 5.96. The molecule has 0 radical (unpaired) electrons. The second-order valence-corrected chi connectivity index (χ2v) is 10.0. The van der Waals surface area contributed by atoms with Gasteiger partial charge in [-0.2, -0.15) is 5.10 Å². The second-order valence-electron chi connectivity index (χ2n) is 10.0. The minimum absolute atomic E-state index is 0.154. The van der Waals surface area contributed by atoms with Crippen LogP contribution in [-0.4, -0.2) is 43.9 Å². The fourth-order valence-electron chi connectivity index (χ4n) is 7.20. The largest absolute Gasteiger partial charge is 0.390 e.